The number of hydrogen-bond donors (Lipinski definition) is 4. The molecular formula is C50H53FN8O7S2. The zero-order valence-electron chi connectivity index (χ0n) is 39.0. The van der Waals surface area contributed by atoms with Crippen molar-refractivity contribution in [3.63, 3.8) is 0 Å². The van der Waals surface area contributed by atoms with Crippen LogP contribution in [0.4, 0.5) is 4.39 Å². The summed E-state index contributed by atoms with van der Waals surface area (Å²) in [6.45, 7) is 14.4. The number of thiazole rings is 1. The first kappa shape index (κ1) is 47.8. The van der Waals surface area contributed by atoms with E-state index in [0.29, 0.717) is 22.9 Å². The fourth-order valence-electron chi connectivity index (χ4n) is 8.68. The van der Waals surface area contributed by atoms with Gasteiger partial charge < -0.3 is 30.5 Å². The minimum absolute atomic E-state index is 0.0401. The van der Waals surface area contributed by atoms with Crippen LogP contribution in [0, 0.1) is 38.9 Å². The predicted octanol–water partition coefficient (Wildman–Crippen LogP) is 7.61. The molecule has 3 amide bonds. The van der Waals surface area contributed by atoms with Crippen molar-refractivity contribution in [2.75, 3.05) is 13.2 Å². The second-order valence-corrected chi connectivity index (χ2v) is 20.4. The first-order valence-corrected chi connectivity index (χ1v) is 23.9. The van der Waals surface area contributed by atoms with E-state index < -0.39 is 71.8 Å². The van der Waals surface area contributed by atoms with E-state index in [4.69, 9.17) is 9.73 Å². The molecule has 5 heterocycles. The molecule has 8 rings (SSSR count). The summed E-state index contributed by atoms with van der Waals surface area (Å²) < 4.78 is 23.4. The second kappa shape index (κ2) is 19.2. The van der Waals surface area contributed by atoms with Gasteiger partial charge in [0.25, 0.3) is 5.91 Å². The van der Waals surface area contributed by atoms with Gasteiger partial charge in [-0.15, -0.1) is 32.9 Å². The van der Waals surface area contributed by atoms with Gasteiger partial charge in [0.05, 0.1) is 40.4 Å². The van der Waals surface area contributed by atoms with E-state index in [2.05, 4.69) is 25.8 Å². The summed E-state index contributed by atoms with van der Waals surface area (Å²) in [5.41, 5.74) is 7.87. The number of thiophene rings is 1. The topological polar surface area (TPSA) is 201 Å². The van der Waals surface area contributed by atoms with Gasteiger partial charge in [-0.2, -0.15) is 0 Å². The van der Waals surface area contributed by atoms with Crippen LogP contribution in [0.1, 0.15) is 97.1 Å². The number of nitrogens with zero attached hydrogens (tertiary/aromatic N) is 6. The number of amides is 3. The van der Waals surface area contributed by atoms with Crippen LogP contribution in [0.15, 0.2) is 77.2 Å². The van der Waals surface area contributed by atoms with Crippen molar-refractivity contribution in [1.82, 2.24) is 35.3 Å². The average molecular weight is 961 g/mol. The number of carbonyl (C=O) groups excluding carboxylic acids is 3. The molecule has 2 aliphatic rings. The molecule has 0 radical (unpaired) electrons. The molecule has 0 unspecified atom stereocenters. The summed E-state index contributed by atoms with van der Waals surface area (Å²) in [5, 5.41) is 35.7. The molecule has 18 heteroatoms. The van der Waals surface area contributed by atoms with Crippen LogP contribution in [0.2, 0.25) is 0 Å². The number of fused-ring (bicyclic) bond motifs is 3. The van der Waals surface area contributed by atoms with Gasteiger partial charge in [-0.25, -0.2) is 9.37 Å². The number of hydrogen-bond acceptors (Lipinski definition) is 12. The number of rotatable bonds is 13. The highest BCUT2D eigenvalue weighted by atomic mass is 32.1. The Morgan fingerprint density at radius 2 is 1.63 bits per heavy atom. The number of aliphatic imine (C=N–C) groups is 1. The summed E-state index contributed by atoms with van der Waals surface area (Å²) in [7, 11) is 0. The third-order valence-corrected chi connectivity index (χ3v) is 14.6. The Bertz CT molecular complexity index is 2940. The minimum atomic E-state index is -1.09. The predicted molar refractivity (Wildman–Crippen MR) is 258 cm³/mol. The van der Waals surface area contributed by atoms with Crippen molar-refractivity contribution in [3.05, 3.63) is 123 Å². The number of aliphatic carboxylic acids is 1. The van der Waals surface area contributed by atoms with Gasteiger partial charge in [0.2, 0.25) is 11.8 Å². The number of nitrogens with one attached hydrogen (secondary N) is 2. The number of aryl methyl sites for hydroxylation is 3. The molecule has 5 atom stereocenters. The Morgan fingerprint density at radius 3 is 2.28 bits per heavy atom. The lowest BCUT2D eigenvalue weighted by atomic mass is 9.85. The van der Waals surface area contributed by atoms with Crippen LogP contribution < -0.4 is 15.4 Å². The highest BCUT2D eigenvalue weighted by molar-refractivity contribution is 7.15. The monoisotopic (exact) mass is 960 g/mol. The van der Waals surface area contributed by atoms with Gasteiger partial charge in [0.1, 0.15) is 40.5 Å². The summed E-state index contributed by atoms with van der Waals surface area (Å²) in [4.78, 5) is 66.1. The van der Waals surface area contributed by atoms with Crippen LogP contribution in [0.25, 0.3) is 26.6 Å². The SMILES string of the molecule is Cc1ncsc1-c1ccc([C@H](C)NC(=O)[C@@H]2C[C@@H](O)CN2C(=O)[C@@H](NC(=O)COc2ccc(-c3ccc(C4=N[C@@H](CC(=O)O)c5nnc(C)n5-c5sc(C)c(C)c54)cc3)c(F)c2)C(C)(C)C)cc1. The molecular weight excluding hydrogens is 908 g/mol. The first-order chi connectivity index (χ1) is 32.3. The maximum absolute atomic E-state index is 15.8. The van der Waals surface area contributed by atoms with E-state index >= 15 is 4.39 Å². The van der Waals surface area contributed by atoms with E-state index in [-0.39, 0.29) is 30.7 Å². The summed E-state index contributed by atoms with van der Waals surface area (Å²) in [6.07, 6.45) is -1.17. The third-order valence-electron chi connectivity index (χ3n) is 12.4. The van der Waals surface area contributed by atoms with Crippen LogP contribution in [0.3, 0.4) is 0 Å². The highest BCUT2D eigenvalue weighted by Gasteiger charge is 2.45. The molecule has 4 N–H and O–H groups in total. The summed E-state index contributed by atoms with van der Waals surface area (Å²) in [5.74, 6) is -2.02. The molecule has 3 aromatic carbocycles. The molecule has 3 aromatic heterocycles. The van der Waals surface area contributed by atoms with Crippen LogP contribution in [0.5, 0.6) is 5.75 Å². The summed E-state index contributed by atoms with van der Waals surface area (Å²) >= 11 is 3.12. The van der Waals surface area contributed by atoms with Crippen molar-refractivity contribution in [3.8, 4) is 32.3 Å². The van der Waals surface area contributed by atoms with Gasteiger partial charge in [-0.3, -0.25) is 28.7 Å². The van der Waals surface area contributed by atoms with Crippen molar-refractivity contribution >= 4 is 52.1 Å². The van der Waals surface area contributed by atoms with E-state index in [1.54, 1.807) is 73.2 Å². The van der Waals surface area contributed by atoms with Crippen LogP contribution in [-0.2, 0) is 19.2 Å². The smallest absolute Gasteiger partial charge is 0.306 e. The van der Waals surface area contributed by atoms with E-state index in [1.165, 1.54) is 11.0 Å². The normalized spacial score (nSPS) is 17.6. The number of aromatic nitrogens is 4. The van der Waals surface area contributed by atoms with E-state index in [0.717, 1.165) is 48.3 Å². The Morgan fingerprint density at radius 1 is 0.941 bits per heavy atom. The zero-order valence-corrected chi connectivity index (χ0v) is 40.6. The van der Waals surface area contributed by atoms with Crippen molar-refractivity contribution in [2.45, 2.75) is 98.5 Å². The number of benzene rings is 3. The average Bonchev–Trinajstić information content (AvgIpc) is 4.06. The van der Waals surface area contributed by atoms with Gasteiger partial charge in [-0.05, 0) is 74.4 Å². The molecule has 6 aromatic rings. The number of ether oxygens (including phenoxy) is 1. The molecule has 0 bridgehead atoms. The standard InChI is InChI=1S/C50H53FN8O7S2/c1-25-28(4)68-49-42(25)43(54-38(21-41(62)63)46-57-56-29(5)59(46)49)32-13-11-31(12-14-32)36-18-17-35(20-37(36)51)66-23-40(61)55-45(50(6,7)8)48(65)58-22-34(60)19-39(58)47(64)53-26(2)30-9-15-33(16-10-30)44-27(3)52-24-67-44/h9-18,20,24,26,34,38-39,45,60H,19,21-23H2,1-8H3,(H,53,64)(H,55,61)(H,62,63)/t26-,34+,38-,39-,45+/m0/s1. The van der Waals surface area contributed by atoms with Gasteiger partial charge >= 0.3 is 5.97 Å². The third kappa shape index (κ3) is 9.70. The largest absolute Gasteiger partial charge is 0.484 e. The molecule has 1 saturated heterocycles. The summed E-state index contributed by atoms with van der Waals surface area (Å²) in [6, 6.07) is 16.1. The Labute approximate surface area is 401 Å². The molecule has 15 nitrogen and oxygen atoms in total. The Balaban J connectivity index is 0.917. The van der Waals surface area contributed by atoms with Gasteiger partial charge in [0.15, 0.2) is 12.4 Å². The lowest BCUT2D eigenvalue weighted by Gasteiger charge is -2.35. The Hall–Kier alpha value is -6.63. The van der Waals surface area contributed by atoms with E-state index in [1.807, 2.05) is 75.6 Å². The van der Waals surface area contributed by atoms with Gasteiger partial charge in [0, 0.05) is 40.6 Å². The number of carboxylic acid groups (broad SMARTS) is 1. The number of halogens is 1. The Kier molecular flexibility index (Phi) is 13.5. The molecule has 0 spiro atoms. The fraction of sp³-hybridized carbons (Fsp3) is 0.360. The van der Waals surface area contributed by atoms with Gasteiger partial charge in [-0.1, -0.05) is 69.3 Å². The van der Waals surface area contributed by atoms with Crippen molar-refractivity contribution in [1.29, 1.82) is 0 Å². The molecule has 0 saturated carbocycles. The maximum atomic E-state index is 15.8. The van der Waals surface area contributed by atoms with Crippen molar-refractivity contribution in [2.24, 2.45) is 10.4 Å². The molecule has 354 valence electrons. The number of β-amino-alcohol motifs (C(OH)–C–C–N with tert-alkyl or cyclic N) is 1. The molecule has 2 aliphatic heterocycles. The lowest BCUT2D eigenvalue weighted by Crippen LogP contribution is -2.58. The minimum Gasteiger partial charge on any atom is -0.484 e. The molecule has 1 fully saturated rings. The first-order valence-electron chi connectivity index (χ1n) is 22.2. The number of carboxylic acids is 1. The number of carbonyl (C=O) groups is 4. The van der Waals surface area contributed by atoms with Crippen LogP contribution in [-0.4, -0.2) is 95.6 Å². The second-order valence-electron chi connectivity index (χ2n) is 18.4. The molecule has 68 heavy (non-hydrogen) atoms. The van der Waals surface area contributed by atoms with Crippen molar-refractivity contribution < 1.29 is 38.5 Å². The van der Waals surface area contributed by atoms with Crippen LogP contribution >= 0.6 is 22.7 Å². The lowest BCUT2D eigenvalue weighted by molar-refractivity contribution is -0.144. The quantitative estimate of drug-likeness (QED) is 0.0893. The fourth-order valence-corrected chi connectivity index (χ4v) is 10.7. The molecule has 0 aliphatic carbocycles. The highest BCUT2D eigenvalue weighted by Crippen LogP contribution is 2.40. The number of likely N-dealkylation sites (tertiary alicyclic amines) is 1. The number of aliphatic hydroxyl groups excluding tert-OH is 1. The van der Waals surface area contributed by atoms with E-state index in [9.17, 15) is 29.4 Å². The number of aliphatic hydroxyl groups is 1. The zero-order chi connectivity index (χ0) is 48.8. The maximum Gasteiger partial charge on any atom is 0.306 e.